The Morgan fingerprint density at radius 2 is 1.86 bits per heavy atom. The molecule has 0 amide bonds. The van der Waals surface area contributed by atoms with Gasteiger partial charge in [-0.1, -0.05) is 37.3 Å². The summed E-state index contributed by atoms with van der Waals surface area (Å²) < 4.78 is 10.3. The number of carbonyl (C=O) groups is 1. The number of benzene rings is 2. The number of aliphatic imine (C=N–C) groups is 1. The standard InChI is InChI=1S/C25H29NO3/c1-7-14-26-23(8-2)22(20-11-9-10-17(3)18(20)4)15-19-12-13-21(25(27)29-6)24(16-19)28-5/h8-16H,7H2,1-6H3/b22-15-,23-8-,26-14?. The van der Waals surface area contributed by atoms with Gasteiger partial charge in [0.2, 0.25) is 0 Å². The van der Waals surface area contributed by atoms with E-state index in [2.05, 4.69) is 50.0 Å². The van der Waals surface area contributed by atoms with E-state index in [9.17, 15) is 4.79 Å². The summed E-state index contributed by atoms with van der Waals surface area (Å²) in [6.07, 6.45) is 6.86. The second kappa shape index (κ2) is 10.4. The molecule has 0 saturated heterocycles. The first kappa shape index (κ1) is 22.2. The summed E-state index contributed by atoms with van der Waals surface area (Å²) in [5.74, 6) is 0.0545. The van der Waals surface area contributed by atoms with Gasteiger partial charge in [-0.25, -0.2) is 4.79 Å². The van der Waals surface area contributed by atoms with Crippen molar-refractivity contribution in [3.05, 3.63) is 76.0 Å². The third kappa shape index (κ3) is 5.23. The molecule has 0 N–H and O–H groups in total. The lowest BCUT2D eigenvalue weighted by atomic mass is 9.93. The molecule has 0 aliphatic rings. The predicted octanol–water partition coefficient (Wildman–Crippen LogP) is 6.02. The Labute approximate surface area is 173 Å². The summed E-state index contributed by atoms with van der Waals surface area (Å²) in [7, 11) is 2.90. The van der Waals surface area contributed by atoms with E-state index in [4.69, 9.17) is 9.47 Å². The molecule has 0 aromatic heterocycles. The van der Waals surface area contributed by atoms with E-state index in [0.717, 1.165) is 28.8 Å². The number of aryl methyl sites for hydroxylation is 1. The molecule has 152 valence electrons. The number of hydrogen-bond donors (Lipinski definition) is 0. The molecule has 4 heteroatoms. The van der Waals surface area contributed by atoms with Gasteiger partial charge < -0.3 is 9.47 Å². The lowest BCUT2D eigenvalue weighted by molar-refractivity contribution is 0.0597. The van der Waals surface area contributed by atoms with Gasteiger partial charge in [0.05, 0.1) is 19.9 Å². The molecule has 0 unspecified atom stereocenters. The van der Waals surface area contributed by atoms with Crippen molar-refractivity contribution in [1.82, 2.24) is 0 Å². The van der Waals surface area contributed by atoms with E-state index in [1.807, 2.05) is 31.3 Å². The van der Waals surface area contributed by atoms with Gasteiger partial charge in [-0.15, -0.1) is 0 Å². The second-order valence-corrected chi connectivity index (χ2v) is 6.65. The molecule has 0 atom stereocenters. The molecule has 2 rings (SSSR count). The molecule has 0 fully saturated rings. The molecule has 4 nitrogen and oxygen atoms in total. The first-order chi connectivity index (χ1) is 14.0. The first-order valence-electron chi connectivity index (χ1n) is 9.70. The van der Waals surface area contributed by atoms with Gasteiger partial charge in [-0.2, -0.15) is 0 Å². The number of carbonyl (C=O) groups excluding carboxylic acids is 1. The molecule has 0 radical (unpaired) electrons. The fraction of sp³-hybridized carbons (Fsp3) is 0.280. The zero-order valence-corrected chi connectivity index (χ0v) is 18.1. The van der Waals surface area contributed by atoms with Crippen molar-refractivity contribution in [2.75, 3.05) is 14.2 Å². The minimum Gasteiger partial charge on any atom is -0.496 e. The summed E-state index contributed by atoms with van der Waals surface area (Å²) in [4.78, 5) is 16.6. The molecule has 0 aliphatic heterocycles. The molecule has 0 heterocycles. The zero-order chi connectivity index (χ0) is 21.4. The van der Waals surface area contributed by atoms with Gasteiger partial charge >= 0.3 is 5.97 Å². The third-order valence-electron chi connectivity index (χ3n) is 4.80. The smallest absolute Gasteiger partial charge is 0.341 e. The topological polar surface area (TPSA) is 47.9 Å². The number of ether oxygens (including phenoxy) is 2. The molecule has 0 spiro atoms. The summed E-state index contributed by atoms with van der Waals surface area (Å²) in [5.41, 5.74) is 6.79. The van der Waals surface area contributed by atoms with Crippen molar-refractivity contribution in [2.24, 2.45) is 4.99 Å². The SMILES string of the molecule is C/C=C(N=CCC)/C(=C\c1ccc(C(=O)OC)c(OC)c1)c1cccc(C)c1C. The van der Waals surface area contributed by atoms with Crippen LogP contribution >= 0.6 is 0 Å². The Morgan fingerprint density at radius 1 is 1.10 bits per heavy atom. The maximum Gasteiger partial charge on any atom is 0.341 e. The van der Waals surface area contributed by atoms with Crippen LogP contribution in [0.3, 0.4) is 0 Å². The Bertz CT molecular complexity index is 968. The van der Waals surface area contributed by atoms with Crippen LogP contribution in [-0.2, 0) is 4.74 Å². The Kier molecular flexibility index (Phi) is 7.96. The van der Waals surface area contributed by atoms with Crippen molar-refractivity contribution in [1.29, 1.82) is 0 Å². The normalized spacial score (nSPS) is 12.3. The molecule has 2 aromatic carbocycles. The maximum absolute atomic E-state index is 12.0. The van der Waals surface area contributed by atoms with Crippen LogP contribution in [0.25, 0.3) is 11.6 Å². The monoisotopic (exact) mass is 391 g/mol. The van der Waals surface area contributed by atoms with Gasteiger partial charge in [-0.05, 0) is 67.7 Å². The van der Waals surface area contributed by atoms with E-state index >= 15 is 0 Å². The highest BCUT2D eigenvalue weighted by Gasteiger charge is 2.15. The summed E-state index contributed by atoms with van der Waals surface area (Å²) >= 11 is 0. The number of allylic oxidation sites excluding steroid dienone is 2. The van der Waals surface area contributed by atoms with Crippen molar-refractivity contribution >= 4 is 23.8 Å². The van der Waals surface area contributed by atoms with Crippen molar-refractivity contribution in [3.8, 4) is 5.75 Å². The van der Waals surface area contributed by atoms with E-state index in [0.29, 0.717) is 11.3 Å². The summed E-state index contributed by atoms with van der Waals surface area (Å²) in [6.45, 7) is 8.28. The number of nitrogens with zero attached hydrogens (tertiary/aromatic N) is 1. The van der Waals surface area contributed by atoms with Crippen LogP contribution < -0.4 is 4.74 Å². The fourth-order valence-corrected chi connectivity index (χ4v) is 3.06. The Hall–Kier alpha value is -3.14. The van der Waals surface area contributed by atoms with Crippen LogP contribution in [0.5, 0.6) is 5.75 Å². The minimum absolute atomic E-state index is 0.399. The van der Waals surface area contributed by atoms with E-state index < -0.39 is 5.97 Å². The molecular weight excluding hydrogens is 362 g/mol. The van der Waals surface area contributed by atoms with Crippen LogP contribution in [0.4, 0.5) is 0 Å². The average molecular weight is 392 g/mol. The number of methoxy groups -OCH3 is 2. The average Bonchev–Trinajstić information content (AvgIpc) is 2.74. The molecule has 0 saturated carbocycles. The van der Waals surface area contributed by atoms with Crippen LogP contribution in [0.2, 0.25) is 0 Å². The molecule has 0 aliphatic carbocycles. The highest BCUT2D eigenvalue weighted by molar-refractivity contribution is 5.95. The largest absolute Gasteiger partial charge is 0.496 e. The fourth-order valence-electron chi connectivity index (χ4n) is 3.06. The van der Waals surface area contributed by atoms with Crippen LogP contribution in [0.1, 0.15) is 52.9 Å². The van der Waals surface area contributed by atoms with Gasteiger partial charge in [0.15, 0.2) is 0 Å². The highest BCUT2D eigenvalue weighted by Crippen LogP contribution is 2.32. The third-order valence-corrected chi connectivity index (χ3v) is 4.80. The van der Waals surface area contributed by atoms with Gasteiger partial charge in [0.1, 0.15) is 11.3 Å². The van der Waals surface area contributed by atoms with E-state index in [1.54, 1.807) is 13.2 Å². The van der Waals surface area contributed by atoms with E-state index in [1.165, 1.54) is 18.2 Å². The van der Waals surface area contributed by atoms with E-state index in [-0.39, 0.29) is 0 Å². The molecule has 2 aromatic rings. The first-order valence-corrected chi connectivity index (χ1v) is 9.70. The summed E-state index contributed by atoms with van der Waals surface area (Å²) in [5, 5.41) is 0. The van der Waals surface area contributed by atoms with Gasteiger partial charge in [0, 0.05) is 11.8 Å². The van der Waals surface area contributed by atoms with Crippen LogP contribution in [0, 0.1) is 13.8 Å². The van der Waals surface area contributed by atoms with Crippen molar-refractivity contribution in [3.63, 3.8) is 0 Å². The Balaban J connectivity index is 2.68. The van der Waals surface area contributed by atoms with Crippen molar-refractivity contribution < 1.29 is 14.3 Å². The highest BCUT2D eigenvalue weighted by atomic mass is 16.5. The number of hydrogen-bond acceptors (Lipinski definition) is 4. The van der Waals surface area contributed by atoms with Gasteiger partial charge in [0.25, 0.3) is 0 Å². The predicted molar refractivity (Wildman–Crippen MR) is 121 cm³/mol. The van der Waals surface area contributed by atoms with Crippen LogP contribution in [0.15, 0.2) is 53.2 Å². The maximum atomic E-state index is 12.0. The van der Waals surface area contributed by atoms with Gasteiger partial charge in [-0.3, -0.25) is 4.99 Å². The lowest BCUT2D eigenvalue weighted by Gasteiger charge is -2.14. The zero-order valence-electron chi connectivity index (χ0n) is 18.1. The molecule has 0 bridgehead atoms. The summed E-state index contributed by atoms with van der Waals surface area (Å²) in [6, 6.07) is 11.7. The number of esters is 1. The van der Waals surface area contributed by atoms with Crippen LogP contribution in [-0.4, -0.2) is 26.4 Å². The second-order valence-electron chi connectivity index (χ2n) is 6.65. The number of rotatable bonds is 7. The quantitative estimate of drug-likeness (QED) is 0.251. The molecule has 29 heavy (non-hydrogen) atoms. The minimum atomic E-state index is -0.422. The Morgan fingerprint density at radius 3 is 2.48 bits per heavy atom. The van der Waals surface area contributed by atoms with Crippen molar-refractivity contribution in [2.45, 2.75) is 34.1 Å². The molecular formula is C25H29NO3. The lowest BCUT2D eigenvalue weighted by Crippen LogP contribution is -2.04.